The Morgan fingerprint density at radius 1 is 1.25 bits per heavy atom. The van der Waals surface area contributed by atoms with Gasteiger partial charge < -0.3 is 5.11 Å². The molecule has 0 saturated heterocycles. The third-order valence-corrected chi connectivity index (χ3v) is 2.92. The van der Waals surface area contributed by atoms with Crippen LogP contribution in [0.15, 0.2) is 35.2 Å². The largest absolute Gasteiger partial charge is 0.396 e. The zero-order valence-electron chi connectivity index (χ0n) is 9.50. The van der Waals surface area contributed by atoms with E-state index in [0.29, 0.717) is 12.5 Å². The van der Waals surface area contributed by atoms with E-state index in [2.05, 4.69) is 6.92 Å². The highest BCUT2D eigenvalue weighted by Crippen LogP contribution is 2.05. The molecule has 1 atom stereocenters. The van der Waals surface area contributed by atoms with Gasteiger partial charge in [0.25, 0.3) is 10.1 Å². The number of benzene rings is 1. The van der Waals surface area contributed by atoms with E-state index in [1.807, 2.05) is 6.92 Å². The van der Waals surface area contributed by atoms with Crippen molar-refractivity contribution >= 4 is 10.1 Å². The lowest BCUT2D eigenvalue weighted by Gasteiger charge is -1.98. The van der Waals surface area contributed by atoms with Gasteiger partial charge in [0.1, 0.15) is 0 Å². The van der Waals surface area contributed by atoms with E-state index in [1.165, 1.54) is 12.1 Å². The molecule has 0 aliphatic heterocycles. The molecule has 0 spiro atoms. The number of aliphatic hydroxyl groups excluding tert-OH is 1. The monoisotopic (exact) mass is 246 g/mol. The van der Waals surface area contributed by atoms with Gasteiger partial charge in [0, 0.05) is 6.61 Å². The lowest BCUT2D eigenvalue weighted by Crippen LogP contribution is -1.96. The van der Waals surface area contributed by atoms with Crippen molar-refractivity contribution in [3.05, 3.63) is 30.3 Å². The van der Waals surface area contributed by atoms with E-state index in [1.54, 1.807) is 18.2 Å². The zero-order chi connectivity index (χ0) is 12.6. The quantitative estimate of drug-likeness (QED) is 0.799. The zero-order valence-corrected chi connectivity index (χ0v) is 10.3. The van der Waals surface area contributed by atoms with Gasteiger partial charge in [-0.1, -0.05) is 38.5 Å². The molecule has 4 nitrogen and oxygen atoms in total. The highest BCUT2D eigenvalue weighted by atomic mass is 32.2. The van der Waals surface area contributed by atoms with Crippen molar-refractivity contribution < 1.29 is 18.1 Å². The van der Waals surface area contributed by atoms with Crippen LogP contribution in [0.3, 0.4) is 0 Å². The smallest absolute Gasteiger partial charge is 0.294 e. The Balaban J connectivity index is 0.000000325. The van der Waals surface area contributed by atoms with Crippen LogP contribution >= 0.6 is 0 Å². The van der Waals surface area contributed by atoms with Gasteiger partial charge in [0.2, 0.25) is 0 Å². The maximum absolute atomic E-state index is 10.4. The molecule has 92 valence electrons. The summed E-state index contributed by atoms with van der Waals surface area (Å²) in [5, 5.41) is 8.33. The van der Waals surface area contributed by atoms with E-state index in [4.69, 9.17) is 9.66 Å². The third-order valence-electron chi connectivity index (χ3n) is 2.05. The van der Waals surface area contributed by atoms with E-state index >= 15 is 0 Å². The molecule has 0 bridgehead atoms. The molecule has 1 aromatic rings. The molecule has 5 heteroatoms. The molecule has 0 amide bonds. The molecule has 0 unspecified atom stereocenters. The molecule has 0 heterocycles. The van der Waals surface area contributed by atoms with Crippen LogP contribution in [-0.2, 0) is 10.1 Å². The molecule has 0 aliphatic rings. The summed E-state index contributed by atoms with van der Waals surface area (Å²) >= 11 is 0. The Morgan fingerprint density at radius 3 is 1.94 bits per heavy atom. The maximum Gasteiger partial charge on any atom is 0.294 e. The molecule has 0 aliphatic carbocycles. The summed E-state index contributed by atoms with van der Waals surface area (Å²) in [5.74, 6) is 0.491. The summed E-state index contributed by atoms with van der Waals surface area (Å²) in [6.45, 7) is 4.43. The Morgan fingerprint density at radius 2 is 1.75 bits per heavy atom. The molecular weight excluding hydrogens is 228 g/mol. The Labute approximate surface area is 96.7 Å². The Kier molecular flexibility index (Phi) is 6.96. The van der Waals surface area contributed by atoms with E-state index in [-0.39, 0.29) is 4.90 Å². The van der Waals surface area contributed by atoms with Crippen molar-refractivity contribution in [3.63, 3.8) is 0 Å². The van der Waals surface area contributed by atoms with Crippen LogP contribution in [0.4, 0.5) is 0 Å². The second-order valence-electron chi connectivity index (χ2n) is 3.48. The summed E-state index contributed by atoms with van der Waals surface area (Å²) < 4.78 is 29.2. The van der Waals surface area contributed by atoms with Crippen molar-refractivity contribution in [1.29, 1.82) is 0 Å². The van der Waals surface area contributed by atoms with Crippen LogP contribution < -0.4 is 0 Å². The first-order valence-electron chi connectivity index (χ1n) is 5.05. The second kappa shape index (κ2) is 7.38. The highest BCUT2D eigenvalue weighted by molar-refractivity contribution is 7.85. The lowest BCUT2D eigenvalue weighted by molar-refractivity contribution is 0.234. The fourth-order valence-electron chi connectivity index (χ4n) is 0.722. The van der Waals surface area contributed by atoms with Crippen LogP contribution in [0, 0.1) is 5.92 Å². The molecule has 0 radical (unpaired) electrons. The average Bonchev–Trinajstić information content (AvgIpc) is 2.29. The van der Waals surface area contributed by atoms with Crippen molar-refractivity contribution in [2.45, 2.75) is 25.2 Å². The predicted octanol–water partition coefficient (Wildman–Crippen LogP) is 1.96. The first-order chi connectivity index (χ1) is 7.41. The summed E-state index contributed by atoms with van der Waals surface area (Å²) in [6.07, 6.45) is 1.08. The van der Waals surface area contributed by atoms with E-state index < -0.39 is 10.1 Å². The molecule has 1 rings (SSSR count). The SMILES string of the molecule is CC[C@H](C)CO.O=S(=O)(O)c1ccccc1. The first kappa shape index (κ1) is 15.1. The highest BCUT2D eigenvalue weighted by Gasteiger charge is 2.05. The number of hydrogen-bond acceptors (Lipinski definition) is 3. The van der Waals surface area contributed by atoms with Gasteiger partial charge in [-0.15, -0.1) is 0 Å². The molecule has 1 aromatic carbocycles. The first-order valence-corrected chi connectivity index (χ1v) is 6.49. The van der Waals surface area contributed by atoms with E-state index in [0.717, 1.165) is 6.42 Å². The standard InChI is InChI=1S/C6H6O3S.C5H12O/c7-10(8,9)6-4-2-1-3-5-6;1-3-5(2)4-6/h1-5H,(H,7,8,9);5-6H,3-4H2,1-2H3/t;5-/m.0/s1. The number of hydrogen-bond donors (Lipinski definition) is 2. The Bertz CT molecular complexity index is 368. The molecule has 2 N–H and O–H groups in total. The third kappa shape index (κ3) is 6.55. The minimum atomic E-state index is -4.00. The van der Waals surface area contributed by atoms with Crippen LogP contribution in [0.2, 0.25) is 0 Å². The van der Waals surface area contributed by atoms with Crippen LogP contribution in [0.5, 0.6) is 0 Å². The van der Waals surface area contributed by atoms with Gasteiger partial charge in [0.05, 0.1) is 4.90 Å². The average molecular weight is 246 g/mol. The van der Waals surface area contributed by atoms with E-state index in [9.17, 15) is 8.42 Å². The number of aliphatic hydroxyl groups is 1. The second-order valence-corrected chi connectivity index (χ2v) is 4.91. The van der Waals surface area contributed by atoms with Crippen LogP contribution in [0.25, 0.3) is 0 Å². The van der Waals surface area contributed by atoms with Gasteiger partial charge in [-0.25, -0.2) is 0 Å². The summed E-state index contributed by atoms with van der Waals surface area (Å²) in [4.78, 5) is -0.0741. The Hall–Kier alpha value is -0.910. The van der Waals surface area contributed by atoms with Crippen LogP contribution in [0.1, 0.15) is 20.3 Å². The minimum Gasteiger partial charge on any atom is -0.396 e. The topological polar surface area (TPSA) is 74.6 Å². The van der Waals surface area contributed by atoms with Gasteiger partial charge in [-0.2, -0.15) is 8.42 Å². The number of rotatable bonds is 3. The van der Waals surface area contributed by atoms with Gasteiger partial charge >= 0.3 is 0 Å². The molecule has 0 fully saturated rings. The molecular formula is C11H18O4S. The molecule has 0 aromatic heterocycles. The predicted molar refractivity (Wildman–Crippen MR) is 62.8 cm³/mol. The van der Waals surface area contributed by atoms with Gasteiger partial charge in [-0.3, -0.25) is 4.55 Å². The molecule has 0 saturated carbocycles. The molecule has 16 heavy (non-hydrogen) atoms. The van der Waals surface area contributed by atoms with Crippen LogP contribution in [-0.4, -0.2) is 24.7 Å². The van der Waals surface area contributed by atoms with Gasteiger partial charge in [-0.05, 0) is 18.1 Å². The van der Waals surface area contributed by atoms with Crippen molar-refractivity contribution in [3.8, 4) is 0 Å². The van der Waals surface area contributed by atoms with Crippen molar-refractivity contribution in [1.82, 2.24) is 0 Å². The fourth-order valence-corrected chi connectivity index (χ4v) is 1.22. The van der Waals surface area contributed by atoms with Crippen molar-refractivity contribution in [2.75, 3.05) is 6.61 Å². The normalized spacial score (nSPS) is 12.5. The summed E-state index contributed by atoms with van der Waals surface area (Å²) in [7, 11) is -4.00. The van der Waals surface area contributed by atoms with Crippen molar-refractivity contribution in [2.24, 2.45) is 5.92 Å². The summed E-state index contributed by atoms with van der Waals surface area (Å²) in [6, 6.07) is 7.42. The van der Waals surface area contributed by atoms with Gasteiger partial charge in [0.15, 0.2) is 0 Å². The fraction of sp³-hybridized carbons (Fsp3) is 0.455. The lowest BCUT2D eigenvalue weighted by atomic mass is 10.1. The minimum absolute atomic E-state index is 0.0741. The summed E-state index contributed by atoms with van der Waals surface area (Å²) in [5.41, 5.74) is 0. The maximum atomic E-state index is 10.4.